The number of anilines is 1. The van der Waals surface area contributed by atoms with Gasteiger partial charge in [-0.15, -0.1) is 0 Å². The monoisotopic (exact) mass is 419 g/mol. The molecular weight excluding hydrogens is 393 g/mol. The number of hydrogen-bond donors (Lipinski definition) is 0. The summed E-state index contributed by atoms with van der Waals surface area (Å²) >= 11 is 1.46. The van der Waals surface area contributed by atoms with Gasteiger partial charge < -0.3 is 19.1 Å². The Labute approximate surface area is 173 Å². The third kappa shape index (κ3) is 3.32. The van der Waals surface area contributed by atoms with Crippen LogP contribution in [0.4, 0.5) is 10.1 Å². The molecule has 0 aliphatic carbocycles. The number of benzene rings is 1. The zero-order valence-electron chi connectivity index (χ0n) is 17.4. The predicted molar refractivity (Wildman–Crippen MR) is 114 cm³/mol. The summed E-state index contributed by atoms with van der Waals surface area (Å²) in [5.74, 6) is -1.08. The number of thioether (sulfide) groups is 1. The molecule has 29 heavy (non-hydrogen) atoms. The SMILES string of the molecule is CC(C)OC(=O)c1c2n(c3cc(N4CCN(C)C(C)C4)c(F)cc3c1=O)C(C)S2. The van der Waals surface area contributed by atoms with Crippen LogP contribution in [-0.4, -0.2) is 54.3 Å². The number of esters is 1. The first kappa shape index (κ1) is 20.2. The summed E-state index contributed by atoms with van der Waals surface area (Å²) in [7, 11) is 2.07. The van der Waals surface area contributed by atoms with Crippen molar-refractivity contribution in [2.45, 2.75) is 50.2 Å². The Bertz CT molecular complexity index is 1050. The smallest absolute Gasteiger partial charge is 0.345 e. The molecule has 2 atom stereocenters. The summed E-state index contributed by atoms with van der Waals surface area (Å²) < 4.78 is 22.3. The molecule has 1 aromatic heterocycles. The molecule has 156 valence electrons. The van der Waals surface area contributed by atoms with Crippen molar-refractivity contribution in [3.63, 3.8) is 0 Å². The molecule has 0 N–H and O–H groups in total. The van der Waals surface area contributed by atoms with Crippen LogP contribution < -0.4 is 10.3 Å². The normalized spacial score (nSPS) is 22.0. The zero-order chi connectivity index (χ0) is 21.0. The van der Waals surface area contributed by atoms with Crippen molar-refractivity contribution in [1.82, 2.24) is 9.47 Å². The van der Waals surface area contributed by atoms with Gasteiger partial charge in [0.15, 0.2) is 0 Å². The van der Waals surface area contributed by atoms with Crippen LogP contribution in [-0.2, 0) is 4.74 Å². The van der Waals surface area contributed by atoms with Gasteiger partial charge in [0.1, 0.15) is 11.4 Å². The van der Waals surface area contributed by atoms with Crippen LogP contribution in [0.25, 0.3) is 10.9 Å². The van der Waals surface area contributed by atoms with Crippen molar-refractivity contribution < 1.29 is 13.9 Å². The number of nitrogens with zero attached hydrogens (tertiary/aromatic N) is 3. The van der Waals surface area contributed by atoms with Crippen LogP contribution in [0.2, 0.25) is 0 Å². The molecule has 0 radical (unpaired) electrons. The lowest BCUT2D eigenvalue weighted by molar-refractivity contribution is 0.0370. The molecule has 6 nitrogen and oxygen atoms in total. The summed E-state index contributed by atoms with van der Waals surface area (Å²) in [5, 5.41) is 0.883. The van der Waals surface area contributed by atoms with E-state index in [1.807, 2.05) is 16.4 Å². The van der Waals surface area contributed by atoms with E-state index in [1.165, 1.54) is 17.8 Å². The van der Waals surface area contributed by atoms with Gasteiger partial charge in [-0.25, -0.2) is 9.18 Å². The number of carbonyl (C=O) groups excluding carboxylic acids is 1. The third-order valence-corrected chi connectivity index (χ3v) is 6.90. The molecule has 8 heteroatoms. The van der Waals surface area contributed by atoms with Crippen molar-refractivity contribution in [2.24, 2.45) is 0 Å². The van der Waals surface area contributed by atoms with Crippen molar-refractivity contribution in [2.75, 3.05) is 31.6 Å². The summed E-state index contributed by atoms with van der Waals surface area (Å²) in [5.41, 5.74) is 0.719. The van der Waals surface area contributed by atoms with Gasteiger partial charge in [0, 0.05) is 31.1 Å². The minimum Gasteiger partial charge on any atom is -0.459 e. The number of pyridine rings is 1. The molecule has 0 saturated carbocycles. The van der Waals surface area contributed by atoms with Crippen molar-refractivity contribution in [1.29, 1.82) is 0 Å². The highest BCUT2D eigenvalue weighted by Crippen LogP contribution is 2.47. The van der Waals surface area contributed by atoms with Gasteiger partial charge in [-0.2, -0.15) is 0 Å². The first-order valence-electron chi connectivity index (χ1n) is 9.93. The molecule has 0 amide bonds. The van der Waals surface area contributed by atoms with E-state index in [-0.39, 0.29) is 22.4 Å². The van der Waals surface area contributed by atoms with Gasteiger partial charge in [-0.1, -0.05) is 11.8 Å². The Morgan fingerprint density at radius 1 is 1.28 bits per heavy atom. The average molecular weight is 420 g/mol. The van der Waals surface area contributed by atoms with Gasteiger partial charge in [0.05, 0.1) is 27.7 Å². The molecule has 1 saturated heterocycles. The van der Waals surface area contributed by atoms with Crippen LogP contribution in [0.15, 0.2) is 22.0 Å². The second-order valence-electron chi connectivity index (χ2n) is 8.15. The number of aromatic nitrogens is 1. The van der Waals surface area contributed by atoms with E-state index >= 15 is 4.39 Å². The van der Waals surface area contributed by atoms with Crippen LogP contribution in [0.1, 0.15) is 43.4 Å². The van der Waals surface area contributed by atoms with Gasteiger partial charge in [0.2, 0.25) is 5.43 Å². The quantitative estimate of drug-likeness (QED) is 0.710. The molecule has 2 aliphatic rings. The van der Waals surface area contributed by atoms with E-state index in [1.54, 1.807) is 19.9 Å². The van der Waals surface area contributed by atoms with Gasteiger partial charge >= 0.3 is 5.97 Å². The number of likely N-dealkylation sites (N-methyl/N-ethyl adjacent to an activating group) is 1. The summed E-state index contributed by atoms with van der Waals surface area (Å²) in [6, 6.07) is 3.36. The summed E-state index contributed by atoms with van der Waals surface area (Å²) in [4.78, 5) is 29.9. The highest BCUT2D eigenvalue weighted by molar-refractivity contribution is 8.00. The molecule has 4 rings (SSSR count). The number of carbonyl (C=O) groups is 1. The third-order valence-electron chi connectivity index (χ3n) is 5.72. The number of fused-ring (bicyclic) bond motifs is 3. The zero-order valence-corrected chi connectivity index (χ0v) is 18.2. The largest absolute Gasteiger partial charge is 0.459 e. The Hall–Kier alpha value is -2.06. The van der Waals surface area contributed by atoms with E-state index in [9.17, 15) is 9.59 Å². The van der Waals surface area contributed by atoms with Crippen LogP contribution >= 0.6 is 11.8 Å². The van der Waals surface area contributed by atoms with Crippen LogP contribution in [0.3, 0.4) is 0 Å². The van der Waals surface area contributed by atoms with Crippen LogP contribution in [0, 0.1) is 5.82 Å². The maximum absolute atomic E-state index is 15.1. The molecule has 2 unspecified atom stereocenters. The van der Waals surface area contributed by atoms with Gasteiger partial charge in [-0.3, -0.25) is 4.79 Å². The maximum Gasteiger partial charge on any atom is 0.345 e. The molecule has 0 bridgehead atoms. The fourth-order valence-electron chi connectivity index (χ4n) is 4.00. The number of ether oxygens (including phenoxy) is 1. The Morgan fingerprint density at radius 2 is 2.00 bits per heavy atom. The predicted octanol–water partition coefficient (Wildman–Crippen LogP) is 3.47. The number of rotatable bonds is 3. The van der Waals surface area contributed by atoms with E-state index in [2.05, 4.69) is 18.9 Å². The summed E-state index contributed by atoms with van der Waals surface area (Å²) in [6.45, 7) is 9.89. The summed E-state index contributed by atoms with van der Waals surface area (Å²) in [6.07, 6.45) is -0.334. The Balaban J connectivity index is 1.86. The highest BCUT2D eigenvalue weighted by atomic mass is 32.2. The molecular formula is C21H26FN3O3S. The second kappa shape index (κ2) is 7.32. The minimum atomic E-state index is -0.646. The number of hydrogen-bond acceptors (Lipinski definition) is 6. The first-order chi connectivity index (χ1) is 13.7. The fraction of sp³-hybridized carbons (Fsp3) is 0.524. The lowest BCUT2D eigenvalue weighted by Gasteiger charge is -2.39. The van der Waals surface area contributed by atoms with E-state index in [0.29, 0.717) is 22.3 Å². The van der Waals surface area contributed by atoms with E-state index < -0.39 is 17.2 Å². The van der Waals surface area contributed by atoms with E-state index in [4.69, 9.17) is 4.74 Å². The molecule has 1 fully saturated rings. The van der Waals surface area contributed by atoms with Gasteiger partial charge in [0.25, 0.3) is 0 Å². The Kier molecular flexibility index (Phi) is 5.11. The molecule has 3 heterocycles. The van der Waals surface area contributed by atoms with Gasteiger partial charge in [-0.05, 0) is 46.9 Å². The van der Waals surface area contributed by atoms with Crippen LogP contribution in [0.5, 0.6) is 0 Å². The van der Waals surface area contributed by atoms with Crippen molar-refractivity contribution >= 4 is 34.3 Å². The molecule has 0 spiro atoms. The minimum absolute atomic E-state index is 0.00895. The lowest BCUT2D eigenvalue weighted by Crippen LogP contribution is -2.50. The maximum atomic E-state index is 15.1. The first-order valence-corrected chi connectivity index (χ1v) is 10.8. The second-order valence-corrected chi connectivity index (χ2v) is 9.45. The number of piperazine rings is 1. The topological polar surface area (TPSA) is 54.8 Å². The van der Waals surface area contributed by atoms with Crippen molar-refractivity contribution in [3.8, 4) is 0 Å². The average Bonchev–Trinajstić information content (AvgIpc) is 2.63. The Morgan fingerprint density at radius 3 is 2.62 bits per heavy atom. The molecule has 1 aromatic carbocycles. The fourth-order valence-corrected chi connectivity index (χ4v) is 5.15. The number of halogens is 1. The standard InChI is InChI=1S/C21H26FN3O3S/c1-11(2)28-21(27)18-19(26)14-8-15(22)17(24-7-6-23(5)12(3)10-24)9-16(14)25-13(4)29-20(18)25/h8-9,11-13H,6-7,10H2,1-5H3. The van der Waals surface area contributed by atoms with Crippen molar-refractivity contribution in [3.05, 3.63) is 33.7 Å². The molecule has 2 aromatic rings. The molecule has 2 aliphatic heterocycles. The lowest BCUT2D eigenvalue weighted by atomic mass is 10.1. The highest BCUT2D eigenvalue weighted by Gasteiger charge is 2.34. The van der Waals surface area contributed by atoms with E-state index in [0.717, 1.165) is 19.6 Å².